The molecule has 19 heavy (non-hydrogen) atoms. The zero-order valence-corrected chi connectivity index (χ0v) is 12.4. The second-order valence-electron chi connectivity index (χ2n) is 3.62. The van der Waals surface area contributed by atoms with Crippen molar-refractivity contribution in [2.75, 3.05) is 12.3 Å². The van der Waals surface area contributed by atoms with Crippen LogP contribution in [0.2, 0.25) is 0 Å². The average Bonchev–Trinajstić information content (AvgIpc) is 2.83. The number of hydrogen-bond acceptors (Lipinski definition) is 8. The number of ether oxygens (including phenoxy) is 1. The molecule has 0 saturated heterocycles. The largest absolute Gasteiger partial charge is 0.384 e. The van der Waals surface area contributed by atoms with Gasteiger partial charge in [0, 0.05) is 19.1 Å². The predicted molar refractivity (Wildman–Crippen MR) is 75.2 cm³/mol. The lowest BCUT2D eigenvalue weighted by atomic mass is 10.5. The fourth-order valence-electron chi connectivity index (χ4n) is 1.31. The molecule has 0 atom stereocenters. The molecule has 2 rings (SSSR count). The van der Waals surface area contributed by atoms with Gasteiger partial charge in [0.1, 0.15) is 23.3 Å². The van der Waals surface area contributed by atoms with Crippen molar-refractivity contribution in [1.82, 2.24) is 19.3 Å². The summed E-state index contributed by atoms with van der Waals surface area (Å²) in [6.07, 6.45) is 0.832. The van der Waals surface area contributed by atoms with Crippen LogP contribution in [0.1, 0.15) is 25.5 Å². The van der Waals surface area contributed by atoms with Crippen molar-refractivity contribution in [3.8, 4) is 0 Å². The number of nitrogens with zero attached hydrogens (tertiary/aromatic N) is 4. The highest BCUT2D eigenvalue weighted by Gasteiger charge is 2.08. The molecular formula is C11H15N5OS2. The molecule has 0 amide bonds. The molecule has 0 fully saturated rings. The Hall–Kier alpha value is -1.25. The van der Waals surface area contributed by atoms with Crippen molar-refractivity contribution in [1.29, 1.82) is 0 Å². The Kier molecular flexibility index (Phi) is 5.06. The molecule has 0 aliphatic heterocycles. The molecule has 2 heterocycles. The molecule has 102 valence electrons. The van der Waals surface area contributed by atoms with Gasteiger partial charge in [0.25, 0.3) is 0 Å². The lowest BCUT2D eigenvalue weighted by Gasteiger charge is -2.04. The molecule has 0 unspecified atom stereocenters. The summed E-state index contributed by atoms with van der Waals surface area (Å²) in [5, 5.41) is 0.765. The van der Waals surface area contributed by atoms with Gasteiger partial charge in [-0.15, -0.1) is 0 Å². The van der Waals surface area contributed by atoms with E-state index in [2.05, 4.69) is 19.3 Å². The maximum absolute atomic E-state index is 5.76. The summed E-state index contributed by atoms with van der Waals surface area (Å²) in [4.78, 5) is 12.9. The van der Waals surface area contributed by atoms with Crippen LogP contribution in [-0.2, 0) is 17.8 Å². The average molecular weight is 297 g/mol. The SMILES string of the molecule is CCOCc1nc(N)cc(Sc2nc(CC)ns2)n1. The van der Waals surface area contributed by atoms with Gasteiger partial charge >= 0.3 is 0 Å². The van der Waals surface area contributed by atoms with Crippen LogP contribution < -0.4 is 5.73 Å². The summed E-state index contributed by atoms with van der Waals surface area (Å²) in [5.41, 5.74) is 5.76. The zero-order valence-electron chi connectivity index (χ0n) is 10.8. The predicted octanol–water partition coefficient (Wildman–Crippen LogP) is 2.16. The monoisotopic (exact) mass is 297 g/mol. The quantitative estimate of drug-likeness (QED) is 0.817. The van der Waals surface area contributed by atoms with Crippen LogP contribution in [0.15, 0.2) is 15.4 Å². The van der Waals surface area contributed by atoms with Gasteiger partial charge in [-0.05, 0) is 30.2 Å². The van der Waals surface area contributed by atoms with Gasteiger partial charge in [0.05, 0.1) is 0 Å². The van der Waals surface area contributed by atoms with Gasteiger partial charge in [-0.2, -0.15) is 4.37 Å². The van der Waals surface area contributed by atoms with Crippen LogP contribution in [0.25, 0.3) is 0 Å². The summed E-state index contributed by atoms with van der Waals surface area (Å²) in [6.45, 7) is 4.94. The number of aryl methyl sites for hydroxylation is 1. The summed E-state index contributed by atoms with van der Waals surface area (Å²) >= 11 is 2.81. The van der Waals surface area contributed by atoms with Crippen LogP contribution in [0, 0.1) is 0 Å². The van der Waals surface area contributed by atoms with E-state index >= 15 is 0 Å². The van der Waals surface area contributed by atoms with E-state index in [1.165, 1.54) is 23.3 Å². The lowest BCUT2D eigenvalue weighted by Crippen LogP contribution is -2.03. The minimum Gasteiger partial charge on any atom is -0.384 e. The standard InChI is InChI=1S/C11H15N5OS2/c1-3-8-15-11(19-16-8)18-10-5-7(12)13-9(14-10)6-17-4-2/h5H,3-4,6H2,1-2H3,(H2,12,13,14). The summed E-state index contributed by atoms with van der Waals surface area (Å²) in [6, 6.07) is 1.73. The van der Waals surface area contributed by atoms with E-state index in [9.17, 15) is 0 Å². The second kappa shape index (κ2) is 6.78. The van der Waals surface area contributed by atoms with Crippen LogP contribution in [0.4, 0.5) is 5.82 Å². The van der Waals surface area contributed by atoms with E-state index < -0.39 is 0 Å². The summed E-state index contributed by atoms with van der Waals surface area (Å²) < 4.78 is 10.4. The number of rotatable bonds is 6. The molecule has 0 spiro atoms. The van der Waals surface area contributed by atoms with E-state index in [0.717, 1.165) is 21.6 Å². The molecule has 0 bridgehead atoms. The third kappa shape index (κ3) is 4.12. The fourth-order valence-corrected chi connectivity index (χ4v) is 2.99. The Bertz CT molecular complexity index is 546. The highest BCUT2D eigenvalue weighted by atomic mass is 32.2. The Morgan fingerprint density at radius 2 is 2.11 bits per heavy atom. The van der Waals surface area contributed by atoms with Crippen molar-refractivity contribution in [2.24, 2.45) is 0 Å². The van der Waals surface area contributed by atoms with Gasteiger partial charge in [-0.1, -0.05) is 6.92 Å². The molecule has 2 N–H and O–H groups in total. The van der Waals surface area contributed by atoms with E-state index in [4.69, 9.17) is 10.5 Å². The Balaban J connectivity index is 2.12. The lowest BCUT2D eigenvalue weighted by molar-refractivity contribution is 0.128. The molecule has 0 radical (unpaired) electrons. The normalized spacial score (nSPS) is 10.8. The third-order valence-corrected chi connectivity index (χ3v) is 3.87. The van der Waals surface area contributed by atoms with Crippen LogP contribution in [0.3, 0.4) is 0 Å². The first kappa shape index (κ1) is 14.2. The van der Waals surface area contributed by atoms with Crippen LogP contribution in [0.5, 0.6) is 0 Å². The molecule has 2 aromatic rings. The first-order chi connectivity index (χ1) is 9.21. The fraction of sp³-hybridized carbons (Fsp3) is 0.455. The molecular weight excluding hydrogens is 282 g/mol. The Labute approximate surface area is 120 Å². The number of hydrogen-bond donors (Lipinski definition) is 1. The minimum absolute atomic E-state index is 0.366. The zero-order chi connectivity index (χ0) is 13.7. The maximum Gasteiger partial charge on any atom is 0.176 e. The first-order valence-electron chi connectivity index (χ1n) is 5.92. The molecule has 0 aliphatic carbocycles. The van der Waals surface area contributed by atoms with Gasteiger partial charge in [0.15, 0.2) is 10.2 Å². The van der Waals surface area contributed by atoms with E-state index in [-0.39, 0.29) is 0 Å². The minimum atomic E-state index is 0.366. The van der Waals surface area contributed by atoms with Crippen molar-refractivity contribution in [3.05, 3.63) is 17.7 Å². The van der Waals surface area contributed by atoms with Crippen molar-refractivity contribution in [3.63, 3.8) is 0 Å². The van der Waals surface area contributed by atoms with Crippen LogP contribution in [-0.4, -0.2) is 25.9 Å². The maximum atomic E-state index is 5.76. The van der Waals surface area contributed by atoms with Gasteiger partial charge in [0.2, 0.25) is 0 Å². The summed E-state index contributed by atoms with van der Waals surface area (Å²) in [7, 11) is 0. The highest BCUT2D eigenvalue weighted by molar-refractivity contribution is 8.00. The Morgan fingerprint density at radius 3 is 2.79 bits per heavy atom. The van der Waals surface area contributed by atoms with Crippen molar-refractivity contribution in [2.45, 2.75) is 36.2 Å². The summed E-state index contributed by atoms with van der Waals surface area (Å²) in [5.74, 6) is 1.88. The highest BCUT2D eigenvalue weighted by Crippen LogP contribution is 2.28. The molecule has 0 aromatic carbocycles. The topological polar surface area (TPSA) is 86.8 Å². The first-order valence-corrected chi connectivity index (χ1v) is 7.51. The second-order valence-corrected chi connectivity index (χ2v) is 5.64. The van der Waals surface area contributed by atoms with Gasteiger partial charge < -0.3 is 10.5 Å². The van der Waals surface area contributed by atoms with Gasteiger partial charge in [-0.25, -0.2) is 15.0 Å². The van der Waals surface area contributed by atoms with E-state index in [1.54, 1.807) is 6.07 Å². The number of anilines is 1. The van der Waals surface area contributed by atoms with E-state index in [0.29, 0.717) is 24.9 Å². The smallest absolute Gasteiger partial charge is 0.176 e. The molecule has 6 nitrogen and oxygen atoms in total. The number of nitrogen functional groups attached to an aromatic ring is 1. The molecule has 0 aliphatic rings. The third-order valence-electron chi connectivity index (χ3n) is 2.16. The van der Waals surface area contributed by atoms with E-state index in [1.807, 2.05) is 13.8 Å². The molecule has 0 saturated carbocycles. The number of aromatic nitrogens is 4. The Morgan fingerprint density at radius 1 is 1.26 bits per heavy atom. The molecule has 8 heteroatoms. The van der Waals surface area contributed by atoms with Gasteiger partial charge in [-0.3, -0.25) is 0 Å². The molecule has 2 aromatic heterocycles. The van der Waals surface area contributed by atoms with Crippen LogP contribution >= 0.6 is 23.3 Å². The van der Waals surface area contributed by atoms with Crippen molar-refractivity contribution >= 4 is 29.1 Å². The number of nitrogens with two attached hydrogens (primary N) is 1. The van der Waals surface area contributed by atoms with Crippen molar-refractivity contribution < 1.29 is 4.74 Å².